The van der Waals surface area contributed by atoms with Crippen molar-refractivity contribution >= 4 is 43.7 Å². The van der Waals surface area contributed by atoms with Crippen molar-refractivity contribution in [2.75, 3.05) is 0 Å². The molecule has 0 aliphatic heterocycles. The van der Waals surface area contributed by atoms with Crippen molar-refractivity contribution in [3.63, 3.8) is 0 Å². The van der Waals surface area contributed by atoms with Gasteiger partial charge in [-0.3, -0.25) is 0 Å². The Morgan fingerprint density at radius 3 is 1.00 bits per heavy atom. The van der Waals surface area contributed by atoms with Gasteiger partial charge in [0.1, 0.15) is 0 Å². The van der Waals surface area contributed by atoms with Crippen LogP contribution in [0.4, 0.5) is 0 Å². The van der Waals surface area contributed by atoms with Gasteiger partial charge in [-0.2, -0.15) is 0 Å². The third-order valence-corrected chi connectivity index (χ3v) is 0. The quantitative estimate of drug-likeness (QED) is 0.482. The van der Waals surface area contributed by atoms with E-state index in [1.165, 1.54) is 0 Å². The molecular weight excluding hydrogens is 167 g/mol. The Bertz CT molecular complexity index is 18.3. The Kier molecular flexibility index (Phi) is 1130. The van der Waals surface area contributed by atoms with E-state index in [0.29, 0.717) is 0 Å². The average Bonchev–Trinajstić information content (AvgIpc) is 1.00. The van der Waals surface area contributed by atoms with Gasteiger partial charge >= 0.3 is 18.9 Å². The molecule has 0 saturated heterocycles. The van der Waals surface area contributed by atoms with Crippen molar-refractivity contribution < 1.29 is 17.1 Å². The molecule has 0 N–H and O–H groups in total. The van der Waals surface area contributed by atoms with Crippen LogP contribution in [0, 0.1) is 11.8 Å². The molecule has 0 aromatic carbocycles. The molecule has 5 heteroatoms. The van der Waals surface area contributed by atoms with Crippen LogP contribution in [-0.2, 0) is 17.1 Å². The predicted octanol–water partition coefficient (Wildman–Crippen LogP) is 0.332. The summed E-state index contributed by atoms with van der Waals surface area (Å²) >= 11 is 0. The second-order valence-corrected chi connectivity index (χ2v) is 0. The normalized spacial score (nSPS) is 0.333. The molecule has 0 aromatic rings. The summed E-state index contributed by atoms with van der Waals surface area (Å²) in [6.07, 6.45) is 0. The molecule has 0 amide bonds. The second kappa shape index (κ2) is 118. The van der Waals surface area contributed by atoms with E-state index >= 15 is 0 Å². The number of hydrogen-bond donors (Lipinski definition) is 0. The zero-order valence-electron chi connectivity index (χ0n) is 2.14. The fraction of sp³-hybridized carbons (Fsp3) is 0. The van der Waals surface area contributed by atoms with Gasteiger partial charge in [-0.25, -0.2) is 5.26 Å². The van der Waals surface area contributed by atoms with Crippen molar-refractivity contribution in [1.82, 2.24) is 0 Å². The van der Waals surface area contributed by atoms with Crippen LogP contribution < -0.4 is 0 Å². The Labute approximate surface area is 72.3 Å². The maximum atomic E-state index is 6.50. The van der Waals surface area contributed by atoms with Crippen LogP contribution in [0.15, 0.2) is 0 Å². The summed E-state index contributed by atoms with van der Waals surface area (Å²) in [5, 5.41) is 6.50. The van der Waals surface area contributed by atoms with Gasteiger partial charge in [-0.15, -0.1) is 24.8 Å². The molecule has 0 spiro atoms. The Hall–Kier alpha value is 1.19. The van der Waals surface area contributed by atoms with Gasteiger partial charge in [-0.05, 0) is 0 Å². The minimum atomic E-state index is 0. The first kappa shape index (κ1) is 57.5. The zero-order valence-corrected chi connectivity index (χ0v) is 4.72. The van der Waals surface area contributed by atoms with Gasteiger partial charge in [0.25, 0.3) is 0 Å². The third-order valence-electron chi connectivity index (χ3n) is 0. The van der Waals surface area contributed by atoms with Gasteiger partial charge in [0.05, 0.1) is 0 Å². The number of hydrogen-bond acceptors (Lipinski definition) is 1. The molecule has 0 heterocycles. The molecule has 0 unspecified atom stereocenters. The van der Waals surface area contributed by atoms with Crippen LogP contribution in [0.3, 0.4) is 0 Å². The summed E-state index contributed by atoms with van der Waals surface area (Å²) in [6, 6.07) is 0. The summed E-state index contributed by atoms with van der Waals surface area (Å²) in [7, 11) is 0. The first-order chi connectivity index (χ1) is 1.00. The van der Waals surface area contributed by atoms with Gasteiger partial charge in [0, 0.05) is 23.6 Å². The number of halogens is 2. The number of nitriles is 1. The minimum absolute atomic E-state index is 0. The van der Waals surface area contributed by atoms with E-state index in [0.717, 1.165) is 0 Å². The summed E-state index contributed by atoms with van der Waals surface area (Å²) in [5.41, 5.74) is 0. The van der Waals surface area contributed by atoms with Gasteiger partial charge in [0.15, 0.2) is 0 Å². The fourth-order valence-corrected chi connectivity index (χ4v) is 0. The van der Waals surface area contributed by atoms with E-state index in [9.17, 15) is 0 Å². The Balaban J connectivity index is -0.000000000833. The van der Waals surface area contributed by atoms with E-state index in [1.807, 2.05) is 0 Å². The first-order valence-corrected chi connectivity index (χ1v) is 0.258. The maximum absolute atomic E-state index is 6.50. The van der Waals surface area contributed by atoms with E-state index < -0.39 is 0 Å². The van der Waals surface area contributed by atoms with Crippen molar-refractivity contribution in [3.8, 4) is 6.57 Å². The summed E-state index contributed by atoms with van der Waals surface area (Å²) in [5.74, 6) is 0. The van der Waals surface area contributed by atoms with Crippen LogP contribution >= 0.6 is 24.8 Å². The summed E-state index contributed by atoms with van der Waals surface area (Å²) in [6.45, 7) is 3.50. The molecule has 0 saturated carbocycles. The molecule has 0 rings (SSSR count). The van der Waals surface area contributed by atoms with Crippen LogP contribution in [0.2, 0.25) is 0 Å². The summed E-state index contributed by atoms with van der Waals surface area (Å²) in [4.78, 5) is 0. The van der Waals surface area contributed by atoms with Gasteiger partial charge < -0.3 is 0 Å². The Morgan fingerprint density at radius 1 is 1.00 bits per heavy atom. The standard InChI is InChI=1S/CHN.2ClH.Cu.Li.H/c1-2;;;;;/h1H;2*1H;;;. The van der Waals surface area contributed by atoms with Gasteiger partial charge in [-0.1, -0.05) is 0 Å². The summed E-state index contributed by atoms with van der Waals surface area (Å²) < 4.78 is 0. The van der Waals surface area contributed by atoms with Gasteiger partial charge in [0.2, 0.25) is 0 Å². The van der Waals surface area contributed by atoms with E-state index in [2.05, 4.69) is 6.57 Å². The predicted molar refractivity (Wildman–Crippen MR) is 28.3 cm³/mol. The van der Waals surface area contributed by atoms with Crippen LogP contribution in [0.5, 0.6) is 0 Å². The van der Waals surface area contributed by atoms with E-state index in [-0.39, 0.29) is 60.7 Å². The number of nitrogens with zero attached hydrogens (tertiary/aromatic N) is 1. The van der Waals surface area contributed by atoms with Crippen LogP contribution in [-0.4, -0.2) is 18.9 Å². The molecule has 0 aliphatic carbocycles. The molecule has 39 valence electrons. The monoisotopic (exact) mass is 170 g/mol. The third kappa shape index (κ3) is 64.5. The second-order valence-electron chi connectivity index (χ2n) is 0. The van der Waals surface area contributed by atoms with Crippen molar-refractivity contribution in [3.05, 3.63) is 0 Å². The molecule has 6 heavy (non-hydrogen) atoms. The molecule has 0 bridgehead atoms. The van der Waals surface area contributed by atoms with Crippen LogP contribution in [0.1, 0.15) is 0 Å². The molecule has 0 aliphatic rings. The fourth-order valence-electron chi connectivity index (χ4n) is 0. The Morgan fingerprint density at radius 2 is 1.00 bits per heavy atom. The van der Waals surface area contributed by atoms with Crippen LogP contribution in [0.25, 0.3) is 0 Å². The molecule has 0 fully saturated rings. The molecule has 1 nitrogen and oxygen atoms in total. The van der Waals surface area contributed by atoms with E-state index in [1.54, 1.807) is 0 Å². The average molecular weight is 171 g/mol. The molecule has 0 aromatic heterocycles. The zero-order chi connectivity index (χ0) is 2.00. The molecule has 1 radical (unpaired) electrons. The molecule has 0 atom stereocenters. The van der Waals surface area contributed by atoms with Crippen molar-refractivity contribution in [2.24, 2.45) is 0 Å². The SMILES string of the molecule is C#N.Cl.Cl.[Cu].[LiH]. The molecular formula is CH4Cl2CuLiN. The van der Waals surface area contributed by atoms with Crippen molar-refractivity contribution in [1.29, 1.82) is 5.26 Å². The van der Waals surface area contributed by atoms with E-state index in [4.69, 9.17) is 5.26 Å². The topological polar surface area (TPSA) is 23.8 Å². The van der Waals surface area contributed by atoms with Crippen molar-refractivity contribution in [2.45, 2.75) is 0 Å². The first-order valence-electron chi connectivity index (χ1n) is 0.258. The number of rotatable bonds is 0.